The van der Waals surface area contributed by atoms with E-state index in [9.17, 15) is 4.79 Å². The van der Waals surface area contributed by atoms with Gasteiger partial charge in [-0.25, -0.2) is 4.79 Å². The number of carbonyl (C=O) groups excluding carboxylic acids is 1. The smallest absolute Gasteiger partial charge is 0.373 e. The monoisotopic (exact) mass is 251 g/mol. The first-order valence-corrected chi connectivity index (χ1v) is 6.05. The number of hydrogen-bond donors (Lipinski definition) is 0. The first-order chi connectivity index (χ1) is 8.77. The molecule has 1 rings (SSSR count). The standard InChI is InChI=1S/C14H19O4/c1-3-4-5-12-6-8-13(9-7-12)14(15)18-17-11-10-16-2/h6-9,11H,3-5,10H2,1-2H3. The van der Waals surface area contributed by atoms with Crippen LogP contribution in [0.5, 0.6) is 0 Å². The normalized spacial score (nSPS) is 10.3. The molecule has 0 amide bonds. The van der Waals surface area contributed by atoms with E-state index in [1.165, 1.54) is 19.3 Å². The second kappa shape index (κ2) is 8.66. The molecule has 0 bridgehead atoms. The molecule has 4 heteroatoms. The minimum atomic E-state index is -0.510. The number of methoxy groups -OCH3 is 1. The molecule has 18 heavy (non-hydrogen) atoms. The van der Waals surface area contributed by atoms with Crippen LogP contribution in [0.25, 0.3) is 0 Å². The Kier molecular flexibility index (Phi) is 7.06. The molecule has 0 fully saturated rings. The maximum Gasteiger partial charge on any atom is 0.373 e. The van der Waals surface area contributed by atoms with E-state index in [0.29, 0.717) is 5.56 Å². The van der Waals surface area contributed by atoms with Gasteiger partial charge in [-0.2, -0.15) is 4.89 Å². The van der Waals surface area contributed by atoms with Gasteiger partial charge in [0.05, 0.1) is 12.2 Å². The number of unbranched alkanes of at least 4 members (excludes halogenated alkanes) is 1. The van der Waals surface area contributed by atoms with E-state index in [2.05, 4.69) is 16.7 Å². The van der Waals surface area contributed by atoms with Gasteiger partial charge < -0.3 is 4.74 Å². The molecule has 0 heterocycles. The average molecular weight is 251 g/mol. The van der Waals surface area contributed by atoms with E-state index >= 15 is 0 Å². The third-order valence-electron chi connectivity index (χ3n) is 2.44. The zero-order valence-electron chi connectivity index (χ0n) is 10.8. The Morgan fingerprint density at radius 3 is 2.61 bits per heavy atom. The van der Waals surface area contributed by atoms with Gasteiger partial charge in [0.1, 0.15) is 0 Å². The predicted molar refractivity (Wildman–Crippen MR) is 67.7 cm³/mol. The highest BCUT2D eigenvalue weighted by Crippen LogP contribution is 2.09. The number of rotatable bonds is 8. The highest BCUT2D eigenvalue weighted by molar-refractivity contribution is 5.88. The third kappa shape index (κ3) is 5.29. The van der Waals surface area contributed by atoms with Gasteiger partial charge in [-0.05, 0) is 30.5 Å². The van der Waals surface area contributed by atoms with Crippen molar-refractivity contribution in [3.8, 4) is 0 Å². The van der Waals surface area contributed by atoms with Crippen molar-refractivity contribution in [2.45, 2.75) is 26.2 Å². The Balaban J connectivity index is 2.38. The lowest BCUT2D eigenvalue weighted by Gasteiger charge is -2.04. The van der Waals surface area contributed by atoms with Gasteiger partial charge in [-0.3, -0.25) is 4.89 Å². The van der Waals surface area contributed by atoms with E-state index in [0.717, 1.165) is 19.3 Å². The summed E-state index contributed by atoms with van der Waals surface area (Å²) in [6, 6.07) is 7.36. The van der Waals surface area contributed by atoms with Crippen LogP contribution in [0.3, 0.4) is 0 Å². The van der Waals surface area contributed by atoms with E-state index in [-0.39, 0.29) is 6.61 Å². The molecular weight excluding hydrogens is 232 g/mol. The van der Waals surface area contributed by atoms with Crippen molar-refractivity contribution < 1.29 is 19.3 Å². The molecule has 0 atom stereocenters. The van der Waals surface area contributed by atoms with Crippen molar-refractivity contribution in [3.63, 3.8) is 0 Å². The summed E-state index contributed by atoms with van der Waals surface area (Å²) in [6.45, 7) is 3.69. The average Bonchev–Trinajstić information content (AvgIpc) is 2.41. The molecule has 0 spiro atoms. The summed E-state index contributed by atoms with van der Waals surface area (Å²) >= 11 is 0. The maximum absolute atomic E-state index is 11.5. The predicted octanol–water partition coefficient (Wildman–Crippen LogP) is 2.93. The Morgan fingerprint density at radius 1 is 1.28 bits per heavy atom. The van der Waals surface area contributed by atoms with E-state index < -0.39 is 5.97 Å². The summed E-state index contributed by atoms with van der Waals surface area (Å²) < 4.78 is 4.71. The van der Waals surface area contributed by atoms with Crippen molar-refractivity contribution in [3.05, 3.63) is 42.0 Å². The van der Waals surface area contributed by atoms with Crippen LogP contribution in [-0.4, -0.2) is 19.7 Å². The summed E-state index contributed by atoms with van der Waals surface area (Å²) in [5.74, 6) is -0.510. The zero-order chi connectivity index (χ0) is 13.2. The van der Waals surface area contributed by atoms with Crippen LogP contribution in [0, 0.1) is 6.61 Å². The number of aryl methyl sites for hydroxylation is 1. The third-order valence-corrected chi connectivity index (χ3v) is 2.44. The van der Waals surface area contributed by atoms with Crippen LogP contribution >= 0.6 is 0 Å². The number of hydrogen-bond acceptors (Lipinski definition) is 4. The molecule has 0 saturated carbocycles. The summed E-state index contributed by atoms with van der Waals surface area (Å²) in [5.41, 5.74) is 1.70. The van der Waals surface area contributed by atoms with E-state index in [4.69, 9.17) is 4.74 Å². The SMILES string of the molecule is CCCCc1ccc(C(=O)OO[CH]COC)cc1. The van der Waals surface area contributed by atoms with Crippen molar-refractivity contribution >= 4 is 5.97 Å². The minimum absolute atomic E-state index is 0.267. The fourth-order valence-corrected chi connectivity index (χ4v) is 1.41. The Bertz CT molecular complexity index is 345. The lowest BCUT2D eigenvalue weighted by molar-refractivity contribution is -0.217. The maximum atomic E-state index is 11.5. The van der Waals surface area contributed by atoms with Gasteiger partial charge in [0, 0.05) is 7.11 Å². The van der Waals surface area contributed by atoms with Crippen LogP contribution in [0.1, 0.15) is 35.7 Å². The van der Waals surface area contributed by atoms with Gasteiger partial charge >= 0.3 is 5.97 Å². The van der Waals surface area contributed by atoms with Crippen molar-refractivity contribution in [2.75, 3.05) is 13.7 Å². The second-order valence-electron chi connectivity index (χ2n) is 3.89. The quantitative estimate of drug-likeness (QED) is 0.405. The molecule has 4 nitrogen and oxygen atoms in total. The molecule has 0 aliphatic heterocycles. The van der Waals surface area contributed by atoms with Crippen LogP contribution in [0.15, 0.2) is 24.3 Å². The molecule has 0 aromatic heterocycles. The molecule has 0 saturated heterocycles. The molecule has 99 valence electrons. The summed E-state index contributed by atoms with van der Waals surface area (Å²) in [6.07, 6.45) is 3.34. The molecule has 0 unspecified atom stereocenters. The number of benzene rings is 1. The molecule has 0 aliphatic carbocycles. The number of carbonyl (C=O) groups is 1. The number of ether oxygens (including phenoxy) is 1. The first-order valence-electron chi connectivity index (χ1n) is 6.05. The van der Waals surface area contributed by atoms with Gasteiger partial charge in [0.2, 0.25) is 0 Å². The fraction of sp³-hybridized carbons (Fsp3) is 0.429. The van der Waals surface area contributed by atoms with Crippen LogP contribution < -0.4 is 0 Å². The Labute approximate surface area is 108 Å². The van der Waals surface area contributed by atoms with Crippen molar-refractivity contribution in [1.29, 1.82) is 0 Å². The van der Waals surface area contributed by atoms with Gasteiger partial charge in [0.25, 0.3) is 0 Å². The molecule has 0 aliphatic rings. The van der Waals surface area contributed by atoms with Crippen molar-refractivity contribution in [2.24, 2.45) is 0 Å². The molecule has 0 N–H and O–H groups in total. The molecule has 1 aromatic carbocycles. The summed E-state index contributed by atoms with van der Waals surface area (Å²) in [7, 11) is 1.52. The highest BCUT2D eigenvalue weighted by Gasteiger charge is 2.08. The first kappa shape index (κ1) is 14.7. The van der Waals surface area contributed by atoms with E-state index in [1.807, 2.05) is 12.1 Å². The Morgan fingerprint density at radius 2 is 2.00 bits per heavy atom. The molecule has 1 radical (unpaired) electrons. The van der Waals surface area contributed by atoms with Gasteiger partial charge in [-0.1, -0.05) is 25.5 Å². The van der Waals surface area contributed by atoms with Gasteiger partial charge in [0.15, 0.2) is 6.61 Å². The van der Waals surface area contributed by atoms with E-state index in [1.54, 1.807) is 12.1 Å². The highest BCUT2D eigenvalue weighted by atomic mass is 17.2. The van der Waals surface area contributed by atoms with Crippen LogP contribution in [0.2, 0.25) is 0 Å². The topological polar surface area (TPSA) is 44.8 Å². The fourth-order valence-electron chi connectivity index (χ4n) is 1.41. The lowest BCUT2D eigenvalue weighted by atomic mass is 10.1. The summed E-state index contributed by atoms with van der Waals surface area (Å²) in [4.78, 5) is 20.7. The largest absolute Gasteiger partial charge is 0.382 e. The summed E-state index contributed by atoms with van der Waals surface area (Å²) in [5, 5.41) is 0. The van der Waals surface area contributed by atoms with Crippen LogP contribution in [-0.2, 0) is 20.9 Å². The second-order valence-corrected chi connectivity index (χ2v) is 3.89. The van der Waals surface area contributed by atoms with Crippen LogP contribution in [0.4, 0.5) is 0 Å². The minimum Gasteiger partial charge on any atom is -0.382 e. The van der Waals surface area contributed by atoms with Crippen molar-refractivity contribution in [1.82, 2.24) is 0 Å². The van der Waals surface area contributed by atoms with Gasteiger partial charge in [-0.15, -0.1) is 0 Å². The molecular formula is C14H19O4. The Hall–Kier alpha value is -1.39. The lowest BCUT2D eigenvalue weighted by Crippen LogP contribution is -2.06. The zero-order valence-corrected chi connectivity index (χ0v) is 10.8. The molecule has 1 aromatic rings.